The van der Waals surface area contributed by atoms with Crippen molar-refractivity contribution in [2.75, 3.05) is 17.6 Å². The van der Waals surface area contributed by atoms with E-state index in [1.807, 2.05) is 41.8 Å². The molecule has 3 N–H and O–H groups in total. The number of halogens is 1. The van der Waals surface area contributed by atoms with Gasteiger partial charge in [-0.15, -0.1) is 16.4 Å². The molecule has 3 aromatic heterocycles. The van der Waals surface area contributed by atoms with E-state index in [4.69, 9.17) is 5.73 Å². The Balaban J connectivity index is 1.62. The number of anilines is 2. The van der Waals surface area contributed by atoms with Crippen molar-refractivity contribution in [1.29, 1.82) is 0 Å². The van der Waals surface area contributed by atoms with Crippen LogP contribution < -0.4 is 11.1 Å². The third kappa shape index (κ3) is 3.73. The summed E-state index contributed by atoms with van der Waals surface area (Å²) in [6.07, 6.45) is 0.842. The van der Waals surface area contributed by atoms with Gasteiger partial charge in [-0.1, -0.05) is 36.4 Å². The first-order chi connectivity index (χ1) is 15.2. The molecule has 2 aromatic carbocycles. The van der Waals surface area contributed by atoms with Crippen LogP contribution in [0.15, 0.2) is 72.1 Å². The predicted molar refractivity (Wildman–Crippen MR) is 123 cm³/mol. The highest BCUT2D eigenvalue weighted by atomic mass is 32.1. The Morgan fingerprint density at radius 2 is 1.77 bits per heavy atom. The zero-order valence-electron chi connectivity index (χ0n) is 16.5. The van der Waals surface area contributed by atoms with Gasteiger partial charge in [-0.05, 0) is 42.1 Å². The van der Waals surface area contributed by atoms with E-state index in [0.717, 1.165) is 12.1 Å². The molecule has 0 amide bonds. The first-order valence-corrected chi connectivity index (χ1v) is 10.7. The molecule has 0 bridgehead atoms. The fraction of sp³-hybridized carbons (Fsp3) is 0.0870. The third-order valence-electron chi connectivity index (χ3n) is 4.93. The molecule has 0 spiro atoms. The Kier molecular flexibility index (Phi) is 5.05. The average Bonchev–Trinajstić information content (AvgIpc) is 3.42. The predicted octanol–water partition coefficient (Wildman–Crippen LogP) is 4.92. The van der Waals surface area contributed by atoms with Crippen LogP contribution in [0, 0.1) is 5.82 Å². The third-order valence-corrected chi connectivity index (χ3v) is 5.87. The first-order valence-electron chi connectivity index (χ1n) is 9.83. The van der Waals surface area contributed by atoms with E-state index in [2.05, 4.69) is 26.4 Å². The van der Waals surface area contributed by atoms with Gasteiger partial charge in [-0.2, -0.15) is 4.98 Å². The van der Waals surface area contributed by atoms with Gasteiger partial charge in [0.1, 0.15) is 11.6 Å². The van der Waals surface area contributed by atoms with Gasteiger partial charge in [0.2, 0.25) is 5.95 Å². The molecule has 0 radical (unpaired) electrons. The van der Waals surface area contributed by atoms with E-state index < -0.39 is 0 Å². The summed E-state index contributed by atoms with van der Waals surface area (Å²) in [7, 11) is 0. The molecule has 0 aliphatic rings. The molecule has 6 nitrogen and oxygen atoms in total. The number of aromatic nitrogens is 4. The normalized spacial score (nSPS) is 11.1. The van der Waals surface area contributed by atoms with Crippen molar-refractivity contribution < 1.29 is 4.39 Å². The Hall–Kier alpha value is -3.78. The molecular formula is C23H19FN6S. The summed E-state index contributed by atoms with van der Waals surface area (Å²) in [4.78, 5) is 10.5. The van der Waals surface area contributed by atoms with Crippen LogP contribution >= 0.6 is 11.3 Å². The number of para-hydroxylation sites is 1. The summed E-state index contributed by atoms with van der Waals surface area (Å²) in [5.41, 5.74) is 8.43. The first kappa shape index (κ1) is 19.2. The number of nitrogens with zero attached hydrogens (tertiary/aromatic N) is 4. The lowest BCUT2D eigenvalue weighted by molar-refractivity contribution is 0.631. The second-order valence-corrected chi connectivity index (χ2v) is 8.00. The summed E-state index contributed by atoms with van der Waals surface area (Å²) >= 11 is 1.70. The van der Waals surface area contributed by atoms with Crippen LogP contribution in [0.2, 0.25) is 0 Å². The van der Waals surface area contributed by atoms with Crippen LogP contribution in [0.1, 0.15) is 4.88 Å². The Labute approximate surface area is 182 Å². The number of rotatable bonds is 6. The lowest BCUT2D eigenvalue weighted by atomic mass is 10.1. The monoisotopic (exact) mass is 430 g/mol. The highest BCUT2D eigenvalue weighted by Gasteiger charge is 2.20. The number of fused-ring (bicyclic) bond motifs is 1. The van der Waals surface area contributed by atoms with Crippen molar-refractivity contribution in [3.8, 4) is 16.9 Å². The SMILES string of the molecule is Nc1c2c(-c3ccccc3F)nc(NCCc3cccs3)nc2nn1-c1ccccc1. The number of hydrogen-bond acceptors (Lipinski definition) is 6. The van der Waals surface area contributed by atoms with Gasteiger partial charge in [-0.3, -0.25) is 0 Å². The standard InChI is InChI=1S/C23H19FN6S/c24-18-11-5-4-10-17(18)20-19-21(25)30(15-7-2-1-3-8-15)29-22(19)28-23(27-20)26-13-12-16-9-6-14-31-16/h1-11,14H,12-13,25H2,(H,26,28,29). The number of benzene rings is 2. The molecule has 154 valence electrons. The number of nitrogens with two attached hydrogens (primary N) is 1. The highest BCUT2D eigenvalue weighted by molar-refractivity contribution is 7.09. The van der Waals surface area contributed by atoms with Crippen molar-refractivity contribution in [1.82, 2.24) is 19.7 Å². The van der Waals surface area contributed by atoms with Crippen LogP contribution in [-0.2, 0) is 6.42 Å². The fourth-order valence-electron chi connectivity index (χ4n) is 3.46. The van der Waals surface area contributed by atoms with E-state index in [-0.39, 0.29) is 5.82 Å². The van der Waals surface area contributed by atoms with Crippen molar-refractivity contribution in [3.63, 3.8) is 0 Å². The molecule has 0 unspecified atom stereocenters. The van der Waals surface area contributed by atoms with Crippen LogP contribution in [0.5, 0.6) is 0 Å². The van der Waals surface area contributed by atoms with Gasteiger partial charge in [-0.25, -0.2) is 14.1 Å². The van der Waals surface area contributed by atoms with Crippen molar-refractivity contribution in [3.05, 3.63) is 82.8 Å². The van der Waals surface area contributed by atoms with E-state index >= 15 is 0 Å². The molecule has 8 heteroatoms. The largest absolute Gasteiger partial charge is 0.383 e. The van der Waals surface area contributed by atoms with E-state index in [0.29, 0.717) is 40.6 Å². The summed E-state index contributed by atoms with van der Waals surface area (Å²) < 4.78 is 16.3. The highest BCUT2D eigenvalue weighted by Crippen LogP contribution is 2.33. The Bertz CT molecular complexity index is 1330. The van der Waals surface area contributed by atoms with Crippen molar-refractivity contribution in [2.24, 2.45) is 0 Å². The number of thiophene rings is 1. The molecule has 5 aromatic rings. The van der Waals surface area contributed by atoms with Gasteiger partial charge in [0.15, 0.2) is 5.65 Å². The molecule has 0 aliphatic heterocycles. The second kappa shape index (κ2) is 8.16. The number of nitrogen functional groups attached to an aromatic ring is 1. The lowest BCUT2D eigenvalue weighted by Gasteiger charge is -2.09. The van der Waals surface area contributed by atoms with Crippen molar-refractivity contribution >= 4 is 34.1 Å². The van der Waals surface area contributed by atoms with Gasteiger partial charge >= 0.3 is 0 Å². The van der Waals surface area contributed by atoms with Crippen molar-refractivity contribution in [2.45, 2.75) is 6.42 Å². The molecule has 3 heterocycles. The quantitative estimate of drug-likeness (QED) is 0.400. The minimum absolute atomic E-state index is 0.357. The molecule has 5 rings (SSSR count). The molecule has 0 aliphatic carbocycles. The molecule has 0 fully saturated rings. The maximum absolute atomic E-state index is 14.7. The molecule has 31 heavy (non-hydrogen) atoms. The average molecular weight is 431 g/mol. The summed E-state index contributed by atoms with van der Waals surface area (Å²) in [6, 6.07) is 20.2. The van der Waals surface area contributed by atoms with E-state index in [1.165, 1.54) is 10.9 Å². The van der Waals surface area contributed by atoms with Crippen LogP contribution in [0.25, 0.3) is 28.0 Å². The maximum atomic E-state index is 14.7. The number of hydrogen-bond donors (Lipinski definition) is 2. The summed E-state index contributed by atoms with van der Waals surface area (Å²) in [5, 5.41) is 10.4. The number of nitrogens with one attached hydrogen (secondary N) is 1. The fourth-order valence-corrected chi connectivity index (χ4v) is 4.17. The Morgan fingerprint density at radius 3 is 2.55 bits per heavy atom. The van der Waals surface area contributed by atoms with Gasteiger partial charge in [0, 0.05) is 17.0 Å². The molecule has 0 atom stereocenters. The summed E-state index contributed by atoms with van der Waals surface area (Å²) in [6.45, 7) is 0.650. The van der Waals surface area contributed by atoms with Crippen LogP contribution in [0.3, 0.4) is 0 Å². The second-order valence-electron chi connectivity index (χ2n) is 6.96. The topological polar surface area (TPSA) is 81.7 Å². The maximum Gasteiger partial charge on any atom is 0.225 e. The van der Waals surface area contributed by atoms with Gasteiger partial charge < -0.3 is 11.1 Å². The summed E-state index contributed by atoms with van der Waals surface area (Å²) in [5.74, 6) is 0.378. The minimum Gasteiger partial charge on any atom is -0.383 e. The smallest absolute Gasteiger partial charge is 0.225 e. The molecule has 0 saturated carbocycles. The van der Waals surface area contributed by atoms with E-state index in [9.17, 15) is 4.39 Å². The zero-order chi connectivity index (χ0) is 21.2. The minimum atomic E-state index is -0.376. The molecule has 0 saturated heterocycles. The molecular weight excluding hydrogens is 411 g/mol. The van der Waals surface area contributed by atoms with E-state index in [1.54, 1.807) is 34.2 Å². The Morgan fingerprint density at radius 1 is 0.968 bits per heavy atom. The lowest BCUT2D eigenvalue weighted by Crippen LogP contribution is -2.08. The van der Waals surface area contributed by atoms with Gasteiger partial charge in [0.05, 0.1) is 16.8 Å². The van der Waals surface area contributed by atoms with Crippen LogP contribution in [-0.4, -0.2) is 26.3 Å². The van der Waals surface area contributed by atoms with Crippen LogP contribution in [0.4, 0.5) is 16.2 Å². The van der Waals surface area contributed by atoms with Gasteiger partial charge in [0.25, 0.3) is 0 Å². The zero-order valence-corrected chi connectivity index (χ0v) is 17.3.